The third-order valence-corrected chi connectivity index (χ3v) is 6.39. The van der Waals surface area contributed by atoms with Crippen molar-refractivity contribution in [3.63, 3.8) is 0 Å². The molecule has 1 aliphatic rings. The van der Waals surface area contributed by atoms with Crippen molar-refractivity contribution in [3.05, 3.63) is 23.3 Å². The summed E-state index contributed by atoms with van der Waals surface area (Å²) in [6.45, 7) is 5.64. The molecule has 1 fully saturated rings. The number of aryl methyl sites for hydroxylation is 1. The fourth-order valence-electron chi connectivity index (χ4n) is 2.61. The van der Waals surface area contributed by atoms with E-state index < -0.39 is 21.3 Å². The Hall–Kier alpha value is -1.60. The molecule has 21 heavy (non-hydrogen) atoms. The van der Waals surface area contributed by atoms with Crippen LogP contribution in [0.5, 0.6) is 0 Å². The summed E-state index contributed by atoms with van der Waals surface area (Å²) in [6, 6.07) is 3.39. The minimum absolute atomic E-state index is 0.0947. The number of hydrogen-bond acceptors (Lipinski definition) is 4. The van der Waals surface area contributed by atoms with E-state index in [1.807, 2.05) is 6.92 Å². The Bertz CT molecular complexity index is 700. The Morgan fingerprint density at radius 3 is 2.48 bits per heavy atom. The molecule has 1 aromatic carbocycles. The van der Waals surface area contributed by atoms with Crippen LogP contribution in [0.2, 0.25) is 0 Å². The largest absolute Gasteiger partial charge is 0.398 e. The van der Waals surface area contributed by atoms with Crippen molar-refractivity contribution in [1.82, 2.24) is 4.31 Å². The van der Waals surface area contributed by atoms with Crippen molar-refractivity contribution in [2.45, 2.75) is 32.1 Å². The molecule has 6 nitrogen and oxygen atoms in total. The first-order valence-corrected chi connectivity index (χ1v) is 8.19. The Balaban J connectivity index is 2.46. The molecular formula is C14H21N3O3S. The monoisotopic (exact) mass is 311 g/mol. The smallest absolute Gasteiger partial charge is 0.245 e. The highest BCUT2D eigenvalue weighted by Crippen LogP contribution is 2.36. The van der Waals surface area contributed by atoms with E-state index in [-0.39, 0.29) is 23.7 Å². The minimum atomic E-state index is -3.73. The van der Waals surface area contributed by atoms with Gasteiger partial charge in [-0.1, -0.05) is 6.07 Å². The highest BCUT2D eigenvalue weighted by atomic mass is 32.2. The maximum atomic E-state index is 12.8. The van der Waals surface area contributed by atoms with Crippen LogP contribution in [0.3, 0.4) is 0 Å². The SMILES string of the molecule is Cc1ccc(N)c(S(=O)(=O)N2CCC(C)(C(N)=O)C2)c1C. The standard InChI is InChI=1S/C14H21N3O3S/c1-9-4-5-11(15)12(10(9)2)21(19,20)17-7-6-14(3,8-17)13(16)18/h4-5H,6-8,15H2,1-3H3,(H2,16,18). The van der Waals surface area contributed by atoms with Crippen molar-refractivity contribution in [2.75, 3.05) is 18.8 Å². The number of carbonyl (C=O) groups is 1. The molecule has 1 heterocycles. The molecule has 0 aliphatic carbocycles. The van der Waals surface area contributed by atoms with Crippen LogP contribution in [0.25, 0.3) is 0 Å². The summed E-state index contributed by atoms with van der Waals surface area (Å²) in [6.07, 6.45) is 0.423. The van der Waals surface area contributed by atoms with Crippen molar-refractivity contribution in [3.8, 4) is 0 Å². The summed E-state index contributed by atoms with van der Waals surface area (Å²) in [5.41, 5.74) is 12.2. The lowest BCUT2D eigenvalue weighted by atomic mass is 9.89. The van der Waals surface area contributed by atoms with E-state index in [9.17, 15) is 13.2 Å². The molecule has 1 aliphatic heterocycles. The number of nitrogen functional groups attached to an aromatic ring is 1. The number of anilines is 1. The first-order chi connectivity index (χ1) is 9.59. The molecule has 116 valence electrons. The van der Waals surface area contributed by atoms with E-state index in [4.69, 9.17) is 11.5 Å². The van der Waals surface area contributed by atoms with Gasteiger partial charge >= 0.3 is 0 Å². The summed E-state index contributed by atoms with van der Waals surface area (Å²) in [4.78, 5) is 11.6. The number of nitrogens with two attached hydrogens (primary N) is 2. The van der Waals surface area contributed by atoms with Crippen molar-refractivity contribution in [1.29, 1.82) is 0 Å². The van der Waals surface area contributed by atoms with Crippen LogP contribution in [-0.2, 0) is 14.8 Å². The van der Waals surface area contributed by atoms with Gasteiger partial charge in [-0.2, -0.15) is 4.31 Å². The van der Waals surface area contributed by atoms with Gasteiger partial charge in [0.1, 0.15) is 4.90 Å². The van der Waals surface area contributed by atoms with E-state index in [1.165, 1.54) is 4.31 Å². The Labute approximate surface area is 125 Å². The molecule has 2 rings (SSSR count). The quantitative estimate of drug-likeness (QED) is 0.804. The Morgan fingerprint density at radius 1 is 1.33 bits per heavy atom. The van der Waals surface area contributed by atoms with Crippen molar-refractivity contribution >= 4 is 21.6 Å². The molecule has 0 saturated carbocycles. The average molecular weight is 311 g/mol. The molecule has 0 bridgehead atoms. The molecule has 0 aromatic heterocycles. The maximum absolute atomic E-state index is 12.8. The number of amides is 1. The van der Waals surface area contributed by atoms with Gasteiger partial charge in [-0.05, 0) is 44.4 Å². The van der Waals surface area contributed by atoms with Crippen molar-refractivity contribution < 1.29 is 13.2 Å². The third-order valence-electron chi connectivity index (χ3n) is 4.34. The predicted octanol–water partition coefficient (Wildman–Crippen LogP) is 0.772. The predicted molar refractivity (Wildman–Crippen MR) is 81.0 cm³/mol. The lowest BCUT2D eigenvalue weighted by Crippen LogP contribution is -2.39. The second kappa shape index (κ2) is 4.99. The average Bonchev–Trinajstić information content (AvgIpc) is 2.79. The number of sulfonamides is 1. The first-order valence-electron chi connectivity index (χ1n) is 6.75. The topological polar surface area (TPSA) is 106 Å². The molecule has 0 spiro atoms. The van der Waals surface area contributed by atoms with Gasteiger partial charge in [0, 0.05) is 13.1 Å². The van der Waals surface area contributed by atoms with Crippen LogP contribution in [0.1, 0.15) is 24.5 Å². The Morgan fingerprint density at radius 2 is 1.95 bits per heavy atom. The molecular weight excluding hydrogens is 290 g/mol. The molecule has 0 radical (unpaired) electrons. The second-order valence-electron chi connectivity index (χ2n) is 5.94. The number of benzene rings is 1. The highest BCUT2D eigenvalue weighted by molar-refractivity contribution is 7.89. The van der Waals surface area contributed by atoms with E-state index in [2.05, 4.69) is 0 Å². The van der Waals surface area contributed by atoms with Gasteiger partial charge in [-0.25, -0.2) is 8.42 Å². The summed E-state index contributed by atoms with van der Waals surface area (Å²) >= 11 is 0. The molecule has 1 aromatic rings. The minimum Gasteiger partial charge on any atom is -0.398 e. The van der Waals surface area contributed by atoms with E-state index >= 15 is 0 Å². The first kappa shape index (κ1) is 15.8. The van der Waals surface area contributed by atoms with Crippen LogP contribution < -0.4 is 11.5 Å². The van der Waals surface area contributed by atoms with Crippen LogP contribution in [0.4, 0.5) is 5.69 Å². The van der Waals surface area contributed by atoms with E-state index in [1.54, 1.807) is 26.0 Å². The Kier molecular flexibility index (Phi) is 3.75. The van der Waals surface area contributed by atoms with Crippen LogP contribution in [0.15, 0.2) is 17.0 Å². The summed E-state index contributed by atoms with van der Waals surface area (Å²) in [5, 5.41) is 0. The molecule has 1 saturated heterocycles. The summed E-state index contributed by atoms with van der Waals surface area (Å²) in [7, 11) is -3.73. The number of carbonyl (C=O) groups excluding carboxylic acids is 1. The van der Waals surface area contributed by atoms with Gasteiger partial charge in [-0.3, -0.25) is 4.79 Å². The molecule has 7 heteroatoms. The molecule has 1 atom stereocenters. The zero-order chi connectivity index (χ0) is 16.0. The molecule has 4 N–H and O–H groups in total. The van der Waals surface area contributed by atoms with Crippen molar-refractivity contribution in [2.24, 2.45) is 11.1 Å². The lowest BCUT2D eigenvalue weighted by Gasteiger charge is -2.22. The van der Waals surface area contributed by atoms with E-state index in [0.29, 0.717) is 12.0 Å². The normalized spacial score (nSPS) is 23.4. The maximum Gasteiger partial charge on any atom is 0.245 e. The van der Waals surface area contributed by atoms with Gasteiger partial charge in [-0.15, -0.1) is 0 Å². The zero-order valence-corrected chi connectivity index (χ0v) is 13.3. The highest BCUT2D eigenvalue weighted by Gasteiger charge is 2.44. The number of rotatable bonds is 3. The van der Waals surface area contributed by atoms with Gasteiger partial charge in [0.2, 0.25) is 15.9 Å². The van der Waals surface area contributed by atoms with Crippen LogP contribution in [0, 0.1) is 19.3 Å². The van der Waals surface area contributed by atoms with Gasteiger partial charge in [0.05, 0.1) is 11.1 Å². The zero-order valence-electron chi connectivity index (χ0n) is 12.5. The fourth-order valence-corrected chi connectivity index (χ4v) is 4.57. The fraction of sp³-hybridized carbons (Fsp3) is 0.500. The molecule has 1 amide bonds. The second-order valence-corrected chi connectivity index (χ2v) is 7.81. The summed E-state index contributed by atoms with van der Waals surface area (Å²) < 4.78 is 27.0. The third kappa shape index (κ3) is 2.51. The van der Waals surface area contributed by atoms with E-state index in [0.717, 1.165) is 5.56 Å². The number of nitrogens with zero attached hydrogens (tertiary/aromatic N) is 1. The number of primary amides is 1. The lowest BCUT2D eigenvalue weighted by molar-refractivity contribution is -0.126. The number of hydrogen-bond donors (Lipinski definition) is 2. The van der Waals surface area contributed by atoms with Crippen LogP contribution in [-0.4, -0.2) is 31.7 Å². The van der Waals surface area contributed by atoms with Gasteiger partial charge < -0.3 is 11.5 Å². The molecule has 1 unspecified atom stereocenters. The van der Waals surface area contributed by atoms with Crippen LogP contribution >= 0.6 is 0 Å². The van der Waals surface area contributed by atoms with Gasteiger partial charge in [0.15, 0.2) is 0 Å². The summed E-state index contributed by atoms with van der Waals surface area (Å²) in [5.74, 6) is -0.478. The van der Waals surface area contributed by atoms with Gasteiger partial charge in [0.25, 0.3) is 0 Å².